The second-order valence-corrected chi connectivity index (χ2v) is 5.68. The first kappa shape index (κ1) is 13.4. The predicted octanol–water partition coefficient (Wildman–Crippen LogP) is 1.39. The van der Waals surface area contributed by atoms with Crippen molar-refractivity contribution in [1.82, 2.24) is 10.5 Å². The summed E-state index contributed by atoms with van der Waals surface area (Å²) in [5, 5.41) is 15.8. The maximum Gasteiger partial charge on any atom is 0.273 e. The topological polar surface area (TPSA) is 75.4 Å². The van der Waals surface area contributed by atoms with E-state index in [0.717, 1.165) is 18.6 Å². The summed E-state index contributed by atoms with van der Waals surface area (Å²) in [6.45, 7) is 1.91. The van der Waals surface area contributed by atoms with Crippen molar-refractivity contribution in [2.75, 3.05) is 12.9 Å². The van der Waals surface area contributed by atoms with Crippen LogP contribution in [0.25, 0.3) is 0 Å². The summed E-state index contributed by atoms with van der Waals surface area (Å²) in [5.41, 5.74) is 0.321. The Morgan fingerprint density at radius 2 is 2.44 bits per heavy atom. The van der Waals surface area contributed by atoms with Crippen molar-refractivity contribution in [2.45, 2.75) is 37.0 Å². The number of hydrogen-bond acceptors (Lipinski definition) is 5. The van der Waals surface area contributed by atoms with Gasteiger partial charge in [-0.1, -0.05) is 5.16 Å². The van der Waals surface area contributed by atoms with E-state index in [4.69, 9.17) is 9.63 Å². The summed E-state index contributed by atoms with van der Waals surface area (Å²) in [5.74, 6) is 1.01. The SMILES string of the molecule is CSC(CO)C(C)NC(=O)c1cc(C2CC2)on1. The molecule has 1 aliphatic carbocycles. The second-order valence-electron chi connectivity index (χ2n) is 4.61. The monoisotopic (exact) mass is 270 g/mol. The Hall–Kier alpha value is -1.01. The van der Waals surface area contributed by atoms with Crippen LogP contribution in [-0.2, 0) is 0 Å². The van der Waals surface area contributed by atoms with Crippen LogP contribution in [-0.4, -0.2) is 40.3 Å². The van der Waals surface area contributed by atoms with Crippen molar-refractivity contribution < 1.29 is 14.4 Å². The lowest BCUT2D eigenvalue weighted by Crippen LogP contribution is -2.41. The Kier molecular flexibility index (Phi) is 4.29. The Morgan fingerprint density at radius 3 is 3.00 bits per heavy atom. The Labute approximate surface area is 110 Å². The van der Waals surface area contributed by atoms with Gasteiger partial charge in [-0.05, 0) is 26.0 Å². The van der Waals surface area contributed by atoms with Gasteiger partial charge in [0, 0.05) is 23.3 Å². The van der Waals surface area contributed by atoms with Gasteiger partial charge in [0.05, 0.1) is 6.61 Å². The molecular formula is C12H18N2O3S. The molecule has 1 aliphatic rings. The van der Waals surface area contributed by atoms with Crippen molar-refractivity contribution in [1.29, 1.82) is 0 Å². The van der Waals surface area contributed by atoms with Crippen molar-refractivity contribution >= 4 is 17.7 Å². The van der Waals surface area contributed by atoms with E-state index < -0.39 is 0 Å². The van der Waals surface area contributed by atoms with Gasteiger partial charge in [-0.15, -0.1) is 0 Å². The lowest BCUT2D eigenvalue weighted by Gasteiger charge is -2.20. The Morgan fingerprint density at radius 1 is 1.72 bits per heavy atom. The van der Waals surface area contributed by atoms with E-state index in [-0.39, 0.29) is 23.8 Å². The number of thioether (sulfide) groups is 1. The average Bonchev–Trinajstić information content (AvgIpc) is 3.08. The van der Waals surface area contributed by atoms with Gasteiger partial charge in [-0.25, -0.2) is 0 Å². The molecule has 18 heavy (non-hydrogen) atoms. The molecule has 100 valence electrons. The highest BCUT2D eigenvalue weighted by Gasteiger charge is 2.29. The zero-order valence-corrected chi connectivity index (χ0v) is 11.4. The van der Waals surface area contributed by atoms with Crippen LogP contribution in [0.4, 0.5) is 0 Å². The number of aromatic nitrogens is 1. The minimum atomic E-state index is -0.245. The normalized spacial score (nSPS) is 18.4. The van der Waals surface area contributed by atoms with Crippen LogP contribution in [0.3, 0.4) is 0 Å². The molecule has 1 heterocycles. The highest BCUT2D eigenvalue weighted by Crippen LogP contribution is 2.40. The molecule has 2 rings (SSSR count). The molecule has 1 saturated carbocycles. The second kappa shape index (κ2) is 5.75. The molecule has 6 heteroatoms. The van der Waals surface area contributed by atoms with Gasteiger partial charge in [0.2, 0.25) is 0 Å². The predicted molar refractivity (Wildman–Crippen MR) is 69.8 cm³/mol. The van der Waals surface area contributed by atoms with Gasteiger partial charge < -0.3 is 14.9 Å². The Bertz CT molecular complexity index is 413. The van der Waals surface area contributed by atoms with E-state index in [0.29, 0.717) is 11.6 Å². The van der Waals surface area contributed by atoms with Crippen LogP contribution >= 0.6 is 11.8 Å². The summed E-state index contributed by atoms with van der Waals surface area (Å²) in [6.07, 6.45) is 4.14. The van der Waals surface area contributed by atoms with Gasteiger partial charge in [0.1, 0.15) is 5.76 Å². The highest BCUT2D eigenvalue weighted by molar-refractivity contribution is 7.99. The molecule has 0 bridgehead atoms. The number of nitrogens with zero attached hydrogens (tertiary/aromatic N) is 1. The maximum absolute atomic E-state index is 11.9. The number of rotatable bonds is 6. The molecule has 0 aliphatic heterocycles. The molecule has 5 nitrogen and oxygen atoms in total. The van der Waals surface area contributed by atoms with Gasteiger partial charge in [0.25, 0.3) is 5.91 Å². The minimum Gasteiger partial charge on any atom is -0.395 e. The summed E-state index contributed by atoms with van der Waals surface area (Å²) in [7, 11) is 0. The van der Waals surface area contributed by atoms with Crippen LogP contribution in [0.15, 0.2) is 10.6 Å². The molecule has 0 saturated heterocycles. The number of nitrogens with one attached hydrogen (secondary N) is 1. The molecular weight excluding hydrogens is 252 g/mol. The molecule has 1 aromatic rings. The van der Waals surface area contributed by atoms with Gasteiger partial charge in [-0.2, -0.15) is 11.8 Å². The fourth-order valence-electron chi connectivity index (χ4n) is 1.77. The van der Waals surface area contributed by atoms with E-state index in [1.807, 2.05) is 13.2 Å². The molecule has 0 radical (unpaired) electrons. The number of aliphatic hydroxyl groups is 1. The van der Waals surface area contributed by atoms with E-state index >= 15 is 0 Å². The largest absolute Gasteiger partial charge is 0.395 e. The minimum absolute atomic E-state index is 0.0104. The summed E-state index contributed by atoms with van der Waals surface area (Å²) < 4.78 is 5.14. The number of aliphatic hydroxyl groups excluding tert-OH is 1. The van der Waals surface area contributed by atoms with E-state index in [2.05, 4.69) is 10.5 Å². The van der Waals surface area contributed by atoms with Crippen molar-refractivity contribution in [3.8, 4) is 0 Å². The van der Waals surface area contributed by atoms with E-state index in [9.17, 15) is 4.79 Å². The maximum atomic E-state index is 11.9. The van der Waals surface area contributed by atoms with Crippen LogP contribution in [0.1, 0.15) is 41.9 Å². The molecule has 1 amide bonds. The van der Waals surface area contributed by atoms with Gasteiger partial charge >= 0.3 is 0 Å². The molecule has 2 unspecified atom stereocenters. The molecule has 2 atom stereocenters. The number of carbonyl (C=O) groups excluding carboxylic acids is 1. The van der Waals surface area contributed by atoms with Crippen LogP contribution in [0, 0.1) is 0 Å². The number of carbonyl (C=O) groups is 1. The summed E-state index contributed by atoms with van der Waals surface area (Å²) in [4.78, 5) is 11.9. The van der Waals surface area contributed by atoms with Gasteiger partial charge in [0.15, 0.2) is 5.69 Å². The third-order valence-corrected chi connectivity index (χ3v) is 4.30. The average molecular weight is 270 g/mol. The third-order valence-electron chi connectivity index (χ3n) is 3.14. The van der Waals surface area contributed by atoms with E-state index in [1.165, 1.54) is 11.8 Å². The fraction of sp³-hybridized carbons (Fsp3) is 0.667. The number of hydrogen-bond donors (Lipinski definition) is 2. The molecule has 0 spiro atoms. The van der Waals surface area contributed by atoms with E-state index in [1.54, 1.807) is 6.07 Å². The lowest BCUT2D eigenvalue weighted by molar-refractivity contribution is 0.0926. The van der Waals surface area contributed by atoms with Crippen molar-refractivity contribution in [3.63, 3.8) is 0 Å². The zero-order valence-electron chi connectivity index (χ0n) is 10.5. The smallest absolute Gasteiger partial charge is 0.273 e. The molecule has 0 aromatic carbocycles. The van der Waals surface area contributed by atoms with Crippen LogP contribution in [0.2, 0.25) is 0 Å². The lowest BCUT2D eigenvalue weighted by atomic mass is 10.2. The van der Waals surface area contributed by atoms with Crippen molar-refractivity contribution in [3.05, 3.63) is 17.5 Å². The van der Waals surface area contributed by atoms with Gasteiger partial charge in [-0.3, -0.25) is 4.79 Å². The van der Waals surface area contributed by atoms with Crippen LogP contribution < -0.4 is 5.32 Å². The quantitative estimate of drug-likeness (QED) is 0.817. The standard InChI is InChI=1S/C12H18N2O3S/c1-7(11(6-15)18-2)13-12(16)9-5-10(17-14-9)8-3-4-8/h5,7-8,11,15H,3-4,6H2,1-2H3,(H,13,16). The molecule has 2 N–H and O–H groups in total. The van der Waals surface area contributed by atoms with Crippen molar-refractivity contribution in [2.24, 2.45) is 0 Å². The first-order valence-corrected chi connectivity index (χ1v) is 7.35. The first-order valence-electron chi connectivity index (χ1n) is 6.06. The van der Waals surface area contributed by atoms with Crippen LogP contribution in [0.5, 0.6) is 0 Å². The summed E-state index contributed by atoms with van der Waals surface area (Å²) in [6, 6.07) is 1.60. The third kappa shape index (κ3) is 3.05. The Balaban J connectivity index is 1.93. The highest BCUT2D eigenvalue weighted by atomic mass is 32.2. The first-order chi connectivity index (χ1) is 8.65. The molecule has 1 aromatic heterocycles. The summed E-state index contributed by atoms with van der Waals surface area (Å²) >= 11 is 1.53. The number of amides is 1. The molecule has 1 fully saturated rings. The zero-order chi connectivity index (χ0) is 13.1. The fourth-order valence-corrected chi connectivity index (χ4v) is 2.39.